The van der Waals surface area contributed by atoms with E-state index >= 15 is 0 Å². The monoisotopic (exact) mass is 862 g/mol. The summed E-state index contributed by atoms with van der Waals surface area (Å²) in [5.41, 5.74) is 8.15. The number of nitrogens with two attached hydrogens (primary N) is 1. The predicted molar refractivity (Wildman–Crippen MR) is 223 cm³/mol. The van der Waals surface area contributed by atoms with Crippen LogP contribution in [0.5, 0.6) is 23.0 Å². The number of nitrogens with zero attached hydrogens (tertiary/aromatic N) is 3. The Morgan fingerprint density at radius 3 is 2.32 bits per heavy atom. The summed E-state index contributed by atoms with van der Waals surface area (Å²) in [6, 6.07) is 4.96. The number of likely N-dealkylation sites (tertiary alicyclic amines) is 1. The maximum Gasteiger partial charge on any atom is 0.412 e. The van der Waals surface area contributed by atoms with E-state index in [0.29, 0.717) is 81.4 Å². The largest absolute Gasteiger partial charge is 0.493 e. The average Bonchev–Trinajstić information content (AvgIpc) is 3.91. The van der Waals surface area contributed by atoms with Crippen molar-refractivity contribution in [1.29, 1.82) is 0 Å². The quantitative estimate of drug-likeness (QED) is 0.0767. The van der Waals surface area contributed by atoms with Crippen molar-refractivity contribution in [2.24, 2.45) is 5.92 Å². The Hall–Kier alpha value is -4.59. The maximum absolute atomic E-state index is 14.0. The van der Waals surface area contributed by atoms with Crippen LogP contribution in [0.3, 0.4) is 0 Å². The van der Waals surface area contributed by atoms with Crippen LogP contribution in [0.2, 0.25) is 0 Å². The molecule has 4 aliphatic rings. The lowest BCUT2D eigenvalue weighted by atomic mass is 10.1. The van der Waals surface area contributed by atoms with E-state index in [1.807, 2.05) is 20.8 Å². The van der Waals surface area contributed by atoms with Gasteiger partial charge >= 0.3 is 6.09 Å². The van der Waals surface area contributed by atoms with Crippen LogP contribution >= 0.6 is 0 Å². The number of amides is 3. The molecule has 5 atom stereocenters. The minimum absolute atomic E-state index is 0.0710. The molecule has 4 unspecified atom stereocenters. The van der Waals surface area contributed by atoms with Crippen LogP contribution in [0.1, 0.15) is 73.6 Å². The number of methoxy groups -OCH3 is 2. The van der Waals surface area contributed by atoms with Crippen LogP contribution in [0.25, 0.3) is 0 Å². The van der Waals surface area contributed by atoms with Gasteiger partial charge in [-0.3, -0.25) is 19.0 Å². The molecule has 59 heavy (non-hydrogen) atoms. The van der Waals surface area contributed by atoms with Gasteiger partial charge in [-0.2, -0.15) is 8.42 Å². The van der Waals surface area contributed by atoms with Crippen molar-refractivity contribution >= 4 is 52.0 Å². The first-order valence-electron chi connectivity index (χ1n) is 19.7. The topological polar surface area (TPSA) is 209 Å². The molecule has 4 N–H and O–H groups in total. The Labute approximate surface area is 350 Å². The molecule has 17 nitrogen and oxygen atoms in total. The summed E-state index contributed by atoms with van der Waals surface area (Å²) in [6.45, 7) is 11.9. The minimum atomic E-state index is -4.55. The number of hydrogen-bond donors (Lipinski definition) is 3. The van der Waals surface area contributed by atoms with Crippen molar-refractivity contribution in [2.75, 3.05) is 71.3 Å². The second-order valence-electron chi connectivity index (χ2n) is 16.2. The van der Waals surface area contributed by atoms with E-state index in [4.69, 9.17) is 34.2 Å². The summed E-state index contributed by atoms with van der Waals surface area (Å²) in [5.74, 6) is 0.699. The van der Waals surface area contributed by atoms with Crippen molar-refractivity contribution in [3.05, 3.63) is 47.5 Å². The van der Waals surface area contributed by atoms with Crippen molar-refractivity contribution in [3.63, 3.8) is 0 Å². The van der Waals surface area contributed by atoms with Crippen LogP contribution in [-0.2, 0) is 32.2 Å². The van der Waals surface area contributed by atoms with E-state index in [1.54, 1.807) is 17.0 Å². The average molecular weight is 863 g/mol. The van der Waals surface area contributed by atoms with Crippen LogP contribution in [0.15, 0.2) is 36.4 Å². The van der Waals surface area contributed by atoms with Gasteiger partial charge in [0.15, 0.2) is 39.3 Å². The van der Waals surface area contributed by atoms with Crippen LogP contribution in [-0.4, -0.2) is 134 Å². The van der Waals surface area contributed by atoms with Crippen LogP contribution in [0, 0.1) is 5.92 Å². The third-order valence-corrected chi connectivity index (χ3v) is 12.0. The number of ether oxygens (including phenoxy) is 6. The Morgan fingerprint density at radius 2 is 1.68 bits per heavy atom. The molecule has 19 heteroatoms. The van der Waals surface area contributed by atoms with E-state index in [9.17, 15) is 27.4 Å². The number of unbranched alkanes of at least 4 members (excludes halogenated alkanes) is 2. The molecule has 0 radical (unpaired) electrons. The van der Waals surface area contributed by atoms with Gasteiger partial charge in [0.1, 0.15) is 6.61 Å². The second kappa shape index (κ2) is 17.9. The Balaban J connectivity index is 1.03. The van der Waals surface area contributed by atoms with E-state index in [-0.39, 0.29) is 60.0 Å². The first-order valence-corrected chi connectivity index (χ1v) is 21.7. The van der Waals surface area contributed by atoms with Crippen molar-refractivity contribution < 1.29 is 55.8 Å². The smallest absolute Gasteiger partial charge is 0.412 e. The molecule has 3 saturated heterocycles. The lowest BCUT2D eigenvalue weighted by Crippen LogP contribution is -2.51. The predicted octanol–water partition coefficient (Wildman–Crippen LogP) is 3.76. The Bertz CT molecular complexity index is 2040. The number of nitrogens with one attached hydrogen (secondary N) is 1. The number of rotatable bonds is 15. The normalized spacial score (nSPS) is 23.0. The van der Waals surface area contributed by atoms with Gasteiger partial charge in [0.2, 0.25) is 0 Å². The lowest BCUT2D eigenvalue weighted by molar-refractivity contribution is -0.0215. The number of carbonyl (C=O) groups is 3. The molecule has 0 saturated carbocycles. The highest BCUT2D eigenvalue weighted by Crippen LogP contribution is 2.41. The molecule has 6 rings (SSSR count). The standard InChI is InChI=1S/C40H55N5O12S2/c1-23-14-29-35(59(49,50)51)42-28-19-34(32(53-6)17-26(28)37(47)44(29)20-23)55-12-9-7-8-11-54-33-18-27(41)25(16-31(33)52-5)36(46)45-21-24(2)15-30(45)38-43(10-13-56-38)39(48)57-22-40(3,4)58/h16-19,23,29-30,35,38,42,58H,2,7-15,20-22,41H2,1,3-6H3,(H,49,50,51)/p+1/t23?,29?,30-,35?,38?/m0/s1. The SMILES string of the molecule is C=C1C[C@@H](C2OCCN2C(=O)OCC(C)(C)[SH2+])N(C(=O)c2cc(OC)c(OCCCCCOc3cc4c(cc3OC)C(=O)N3CC(C)CC3C(S(=O)(=O)O)N4)cc2N)C1. The molecule has 2 aromatic rings. The third-order valence-electron chi connectivity index (χ3n) is 10.8. The summed E-state index contributed by atoms with van der Waals surface area (Å²) in [5, 5.41) is 1.51. The zero-order valence-electron chi connectivity index (χ0n) is 34.2. The summed E-state index contributed by atoms with van der Waals surface area (Å²) < 4.78 is 69.2. The number of carbonyl (C=O) groups excluding carboxylic acids is 3. The van der Waals surface area contributed by atoms with E-state index < -0.39 is 44.6 Å². The summed E-state index contributed by atoms with van der Waals surface area (Å²) in [4.78, 5) is 45.2. The van der Waals surface area contributed by atoms with Crippen molar-refractivity contribution in [2.45, 2.75) is 81.3 Å². The molecule has 0 spiro atoms. The summed E-state index contributed by atoms with van der Waals surface area (Å²) >= 11 is 3.54. The molecule has 0 bridgehead atoms. The maximum atomic E-state index is 14.0. The van der Waals surface area contributed by atoms with Crippen molar-refractivity contribution in [3.8, 4) is 23.0 Å². The molecule has 3 fully saturated rings. The number of nitrogen functional groups attached to an aromatic ring is 1. The zero-order valence-corrected chi connectivity index (χ0v) is 36.0. The van der Waals surface area contributed by atoms with Crippen molar-refractivity contribution in [1.82, 2.24) is 14.7 Å². The summed E-state index contributed by atoms with van der Waals surface area (Å²) in [6.07, 6.45) is 1.62. The van der Waals surface area contributed by atoms with Gasteiger partial charge in [-0.25, -0.2) is 4.79 Å². The van der Waals surface area contributed by atoms with Gasteiger partial charge in [0.25, 0.3) is 21.9 Å². The van der Waals surface area contributed by atoms with E-state index in [2.05, 4.69) is 24.5 Å². The molecule has 0 aliphatic carbocycles. The number of fused-ring (bicyclic) bond motifs is 2. The highest BCUT2D eigenvalue weighted by molar-refractivity contribution is 7.86. The molecule has 324 valence electrons. The first kappa shape index (κ1) is 44.0. The lowest BCUT2D eigenvalue weighted by Gasteiger charge is -2.33. The molecular formula is C40H56N5O12S2+. The molecular weight excluding hydrogens is 807 g/mol. The highest BCUT2D eigenvalue weighted by atomic mass is 32.2. The molecule has 3 amide bonds. The number of anilines is 2. The van der Waals surface area contributed by atoms with Gasteiger partial charge in [-0.1, -0.05) is 19.1 Å². The molecule has 0 aromatic heterocycles. The highest BCUT2D eigenvalue weighted by Gasteiger charge is 2.48. The van der Waals surface area contributed by atoms with Gasteiger partial charge in [-0.05, 0) is 76.6 Å². The fourth-order valence-electron chi connectivity index (χ4n) is 7.98. The van der Waals surface area contributed by atoms with Crippen LogP contribution < -0.4 is 30.0 Å². The van der Waals surface area contributed by atoms with Gasteiger partial charge in [-0.15, -0.1) is 0 Å². The third kappa shape index (κ3) is 9.90. The van der Waals surface area contributed by atoms with E-state index in [0.717, 1.165) is 5.57 Å². The van der Waals surface area contributed by atoms with Gasteiger partial charge < -0.3 is 49.3 Å². The van der Waals surface area contributed by atoms with E-state index in [1.165, 1.54) is 36.2 Å². The second-order valence-corrected chi connectivity index (χ2v) is 19.1. The first-order chi connectivity index (χ1) is 27.9. The molecule has 2 aromatic carbocycles. The summed E-state index contributed by atoms with van der Waals surface area (Å²) in [7, 11) is -1.61. The zero-order chi connectivity index (χ0) is 42.8. The van der Waals surface area contributed by atoms with Gasteiger partial charge in [0, 0.05) is 30.9 Å². The fraction of sp³-hybridized carbons (Fsp3) is 0.575. The van der Waals surface area contributed by atoms with Gasteiger partial charge in [0.05, 0.1) is 69.5 Å². The fourth-order valence-corrected chi connectivity index (χ4v) is 8.98. The Kier molecular flexibility index (Phi) is 13.4. The number of benzene rings is 2. The van der Waals surface area contributed by atoms with Crippen LogP contribution in [0.4, 0.5) is 16.2 Å². The minimum Gasteiger partial charge on any atom is -0.493 e. The Morgan fingerprint density at radius 1 is 1.02 bits per heavy atom. The molecule has 4 aliphatic heterocycles. The molecule has 4 heterocycles. The number of hydrogen-bond acceptors (Lipinski definition) is 13.